The molecule has 1 aromatic heterocycles. The van der Waals surface area contributed by atoms with Gasteiger partial charge in [0.15, 0.2) is 0 Å². The standard InChI is InChI=1S/C13H12N2O2/c1-10(12-8-5-9-17-12)14-15-13(16)11-6-3-2-4-7-11/h2-9H,1H3,(H,15,16)/b14-10+. The Labute approximate surface area is 99.0 Å². The molecule has 17 heavy (non-hydrogen) atoms. The summed E-state index contributed by atoms with van der Waals surface area (Å²) in [7, 11) is 0. The molecule has 0 unspecified atom stereocenters. The molecule has 4 nitrogen and oxygen atoms in total. The first-order valence-corrected chi connectivity index (χ1v) is 5.21. The number of furan rings is 1. The Hall–Kier alpha value is -2.36. The van der Waals surface area contributed by atoms with Crippen LogP contribution < -0.4 is 5.43 Å². The third-order valence-electron chi connectivity index (χ3n) is 2.24. The number of hydrazone groups is 1. The first-order chi connectivity index (χ1) is 8.27. The molecule has 2 rings (SSSR count). The maximum atomic E-state index is 11.7. The van der Waals surface area contributed by atoms with Crippen LogP contribution in [0.25, 0.3) is 0 Å². The van der Waals surface area contributed by atoms with Crippen molar-refractivity contribution >= 4 is 11.6 Å². The number of nitrogens with zero attached hydrogens (tertiary/aromatic N) is 1. The SMILES string of the molecule is C/C(=N\NC(=O)c1ccccc1)c1ccco1. The molecular weight excluding hydrogens is 216 g/mol. The third kappa shape index (κ3) is 2.81. The molecule has 1 amide bonds. The average Bonchev–Trinajstić information content (AvgIpc) is 2.90. The smallest absolute Gasteiger partial charge is 0.271 e. The van der Waals surface area contributed by atoms with Gasteiger partial charge in [-0.3, -0.25) is 4.79 Å². The molecule has 0 atom stereocenters. The lowest BCUT2D eigenvalue weighted by atomic mass is 10.2. The quantitative estimate of drug-likeness (QED) is 0.648. The van der Waals surface area contributed by atoms with Crippen LogP contribution in [0.15, 0.2) is 58.2 Å². The summed E-state index contributed by atoms with van der Waals surface area (Å²) in [4.78, 5) is 11.7. The molecular formula is C13H12N2O2. The van der Waals surface area contributed by atoms with Crippen molar-refractivity contribution in [3.8, 4) is 0 Å². The van der Waals surface area contributed by atoms with E-state index in [1.807, 2.05) is 6.07 Å². The number of nitrogens with one attached hydrogen (secondary N) is 1. The predicted molar refractivity (Wildman–Crippen MR) is 64.8 cm³/mol. The van der Waals surface area contributed by atoms with Crippen LogP contribution in [0.5, 0.6) is 0 Å². The monoisotopic (exact) mass is 228 g/mol. The number of benzene rings is 1. The zero-order valence-electron chi connectivity index (χ0n) is 9.38. The van der Waals surface area contributed by atoms with E-state index in [4.69, 9.17) is 4.42 Å². The fourth-order valence-electron chi connectivity index (χ4n) is 1.33. The van der Waals surface area contributed by atoms with Crippen LogP contribution in [-0.2, 0) is 0 Å². The Kier molecular flexibility index (Phi) is 3.35. The molecule has 0 saturated heterocycles. The summed E-state index contributed by atoms with van der Waals surface area (Å²) < 4.78 is 5.15. The van der Waals surface area contributed by atoms with Gasteiger partial charge in [0.05, 0.1) is 6.26 Å². The minimum Gasteiger partial charge on any atom is -0.463 e. The van der Waals surface area contributed by atoms with E-state index in [-0.39, 0.29) is 5.91 Å². The van der Waals surface area contributed by atoms with Gasteiger partial charge in [0.25, 0.3) is 5.91 Å². The van der Waals surface area contributed by atoms with Gasteiger partial charge in [-0.1, -0.05) is 18.2 Å². The molecule has 0 aliphatic rings. The minimum atomic E-state index is -0.239. The number of rotatable bonds is 3. The molecule has 0 spiro atoms. The topological polar surface area (TPSA) is 54.6 Å². The fourth-order valence-corrected chi connectivity index (χ4v) is 1.33. The second-order valence-corrected chi connectivity index (χ2v) is 3.48. The van der Waals surface area contributed by atoms with E-state index < -0.39 is 0 Å². The molecule has 1 N–H and O–H groups in total. The summed E-state index contributed by atoms with van der Waals surface area (Å²) in [6.07, 6.45) is 1.56. The van der Waals surface area contributed by atoms with E-state index in [1.54, 1.807) is 49.6 Å². The highest BCUT2D eigenvalue weighted by Crippen LogP contribution is 2.02. The number of hydrogen-bond acceptors (Lipinski definition) is 3. The van der Waals surface area contributed by atoms with Gasteiger partial charge in [-0.05, 0) is 31.2 Å². The molecule has 1 heterocycles. The Balaban J connectivity index is 2.04. The molecule has 0 saturated carbocycles. The van der Waals surface area contributed by atoms with Crippen LogP contribution in [0.4, 0.5) is 0 Å². The van der Waals surface area contributed by atoms with Crippen LogP contribution in [0.2, 0.25) is 0 Å². The van der Waals surface area contributed by atoms with E-state index in [0.717, 1.165) is 0 Å². The van der Waals surface area contributed by atoms with Gasteiger partial charge in [-0.2, -0.15) is 5.10 Å². The second kappa shape index (κ2) is 5.12. The summed E-state index contributed by atoms with van der Waals surface area (Å²) in [6, 6.07) is 12.5. The van der Waals surface area contributed by atoms with Crippen molar-refractivity contribution in [3.63, 3.8) is 0 Å². The Bertz CT molecular complexity index is 516. The maximum absolute atomic E-state index is 11.7. The van der Waals surface area contributed by atoms with E-state index >= 15 is 0 Å². The first-order valence-electron chi connectivity index (χ1n) is 5.21. The van der Waals surface area contributed by atoms with E-state index in [1.165, 1.54) is 0 Å². The van der Waals surface area contributed by atoms with Gasteiger partial charge in [0, 0.05) is 5.56 Å². The molecule has 0 aliphatic heterocycles. The lowest BCUT2D eigenvalue weighted by molar-refractivity contribution is 0.0955. The van der Waals surface area contributed by atoms with E-state index in [0.29, 0.717) is 17.0 Å². The first kappa shape index (κ1) is 11.1. The largest absolute Gasteiger partial charge is 0.463 e. The number of carbonyl (C=O) groups is 1. The Morgan fingerprint density at radius 3 is 2.59 bits per heavy atom. The van der Waals surface area contributed by atoms with Crippen LogP contribution in [0, 0.1) is 0 Å². The molecule has 2 aromatic rings. The molecule has 86 valence electrons. The van der Waals surface area contributed by atoms with Crippen molar-refractivity contribution in [1.29, 1.82) is 0 Å². The van der Waals surface area contributed by atoms with Crippen molar-refractivity contribution in [1.82, 2.24) is 5.43 Å². The van der Waals surface area contributed by atoms with Crippen LogP contribution in [-0.4, -0.2) is 11.6 Å². The molecule has 4 heteroatoms. The van der Waals surface area contributed by atoms with E-state index in [9.17, 15) is 4.79 Å². The van der Waals surface area contributed by atoms with Crippen LogP contribution in [0.3, 0.4) is 0 Å². The van der Waals surface area contributed by atoms with Gasteiger partial charge in [0.2, 0.25) is 0 Å². The van der Waals surface area contributed by atoms with Gasteiger partial charge < -0.3 is 4.42 Å². The fraction of sp³-hybridized carbons (Fsp3) is 0.0769. The lowest BCUT2D eigenvalue weighted by Gasteiger charge is -2.00. The Morgan fingerprint density at radius 1 is 1.18 bits per heavy atom. The number of hydrogen-bond donors (Lipinski definition) is 1. The van der Waals surface area contributed by atoms with Crippen molar-refractivity contribution in [2.45, 2.75) is 6.92 Å². The average molecular weight is 228 g/mol. The highest BCUT2D eigenvalue weighted by molar-refractivity contribution is 5.99. The highest BCUT2D eigenvalue weighted by atomic mass is 16.3. The van der Waals surface area contributed by atoms with Gasteiger partial charge in [0.1, 0.15) is 11.5 Å². The van der Waals surface area contributed by atoms with Gasteiger partial charge in [-0.15, -0.1) is 0 Å². The zero-order chi connectivity index (χ0) is 12.1. The lowest BCUT2D eigenvalue weighted by Crippen LogP contribution is -2.19. The van der Waals surface area contributed by atoms with Crippen molar-refractivity contribution in [2.75, 3.05) is 0 Å². The van der Waals surface area contributed by atoms with Gasteiger partial charge >= 0.3 is 0 Å². The normalized spacial score (nSPS) is 11.2. The highest BCUT2D eigenvalue weighted by Gasteiger charge is 2.04. The summed E-state index contributed by atoms with van der Waals surface area (Å²) in [6.45, 7) is 1.77. The Morgan fingerprint density at radius 2 is 1.94 bits per heavy atom. The summed E-state index contributed by atoms with van der Waals surface area (Å²) in [5.41, 5.74) is 3.67. The maximum Gasteiger partial charge on any atom is 0.271 e. The van der Waals surface area contributed by atoms with E-state index in [2.05, 4.69) is 10.5 Å². The van der Waals surface area contributed by atoms with Crippen molar-refractivity contribution < 1.29 is 9.21 Å². The van der Waals surface area contributed by atoms with Gasteiger partial charge in [-0.25, -0.2) is 5.43 Å². The summed E-state index contributed by atoms with van der Waals surface area (Å²) in [5.74, 6) is 0.398. The third-order valence-corrected chi connectivity index (χ3v) is 2.24. The van der Waals surface area contributed by atoms with Crippen LogP contribution in [0.1, 0.15) is 23.0 Å². The number of amides is 1. The zero-order valence-corrected chi connectivity index (χ0v) is 9.38. The molecule has 0 bridgehead atoms. The summed E-state index contributed by atoms with van der Waals surface area (Å²) >= 11 is 0. The second-order valence-electron chi connectivity index (χ2n) is 3.48. The number of carbonyl (C=O) groups excluding carboxylic acids is 1. The van der Waals surface area contributed by atoms with Crippen molar-refractivity contribution in [3.05, 3.63) is 60.1 Å². The molecule has 0 radical (unpaired) electrons. The predicted octanol–water partition coefficient (Wildman–Crippen LogP) is 2.43. The van der Waals surface area contributed by atoms with Crippen molar-refractivity contribution in [2.24, 2.45) is 5.10 Å². The summed E-state index contributed by atoms with van der Waals surface area (Å²) in [5, 5.41) is 3.97. The van der Waals surface area contributed by atoms with Crippen LogP contribution >= 0.6 is 0 Å². The molecule has 0 fully saturated rings. The minimum absolute atomic E-state index is 0.239. The molecule has 1 aromatic carbocycles. The molecule has 0 aliphatic carbocycles.